The highest BCUT2D eigenvalue weighted by Gasteiger charge is 2.22. The molecule has 1 aliphatic carbocycles. The van der Waals surface area contributed by atoms with Gasteiger partial charge in [0, 0.05) is 42.5 Å². The lowest BCUT2D eigenvalue weighted by molar-refractivity contribution is 0.462. The van der Waals surface area contributed by atoms with Gasteiger partial charge in [0.25, 0.3) is 0 Å². The van der Waals surface area contributed by atoms with Crippen LogP contribution >= 0.6 is 0 Å². The number of aromatic hydroxyl groups is 1. The molecule has 4 nitrogen and oxygen atoms in total. The highest BCUT2D eigenvalue weighted by atomic mass is 16.3. The smallest absolute Gasteiger partial charge is 0.124 e. The van der Waals surface area contributed by atoms with Crippen LogP contribution < -0.4 is 16.4 Å². The Hall–Kier alpha value is -1.52. The lowest BCUT2D eigenvalue weighted by atomic mass is 9.85. The van der Waals surface area contributed by atoms with Crippen molar-refractivity contribution in [2.75, 3.05) is 18.0 Å². The molecular weight excluding hydrogens is 262 g/mol. The van der Waals surface area contributed by atoms with Crippen LogP contribution in [0.5, 0.6) is 5.75 Å². The minimum atomic E-state index is -0.0967. The Bertz CT molecular complexity index is 509. The molecule has 0 spiro atoms. The molecule has 2 atom stereocenters. The normalized spacial score (nSPS) is 24.3. The minimum Gasteiger partial charge on any atom is -0.507 e. The number of nitrogens with two attached hydrogens (primary N) is 2. The van der Waals surface area contributed by atoms with Gasteiger partial charge in [0.2, 0.25) is 0 Å². The van der Waals surface area contributed by atoms with Crippen molar-refractivity contribution < 1.29 is 5.11 Å². The number of nitrogens with zero attached hydrogens (tertiary/aromatic N) is 1. The Balaban J connectivity index is 2.25. The molecule has 5 N–H and O–H groups in total. The summed E-state index contributed by atoms with van der Waals surface area (Å²) in [6.45, 7) is 6.07. The Kier molecular flexibility index (Phi) is 5.26. The van der Waals surface area contributed by atoms with Gasteiger partial charge < -0.3 is 21.5 Å². The average Bonchev–Trinajstić information content (AvgIpc) is 2.47. The number of rotatable bonds is 4. The van der Waals surface area contributed by atoms with E-state index >= 15 is 0 Å². The van der Waals surface area contributed by atoms with E-state index in [9.17, 15) is 5.11 Å². The van der Waals surface area contributed by atoms with Crippen LogP contribution in [0.1, 0.15) is 38.7 Å². The molecule has 116 valence electrons. The summed E-state index contributed by atoms with van der Waals surface area (Å²) in [5.74, 6) is 0.304. The molecule has 4 heteroatoms. The molecular formula is C17H27N3O. The highest BCUT2D eigenvalue weighted by Crippen LogP contribution is 2.30. The van der Waals surface area contributed by atoms with Gasteiger partial charge in [-0.2, -0.15) is 0 Å². The van der Waals surface area contributed by atoms with E-state index in [1.54, 1.807) is 0 Å². The second kappa shape index (κ2) is 6.96. The minimum absolute atomic E-state index is 0.0297. The van der Waals surface area contributed by atoms with Crippen molar-refractivity contribution in [3.05, 3.63) is 29.3 Å². The van der Waals surface area contributed by atoms with E-state index in [0.29, 0.717) is 5.75 Å². The monoisotopic (exact) mass is 289 g/mol. The van der Waals surface area contributed by atoms with Crippen molar-refractivity contribution in [2.45, 2.75) is 45.2 Å². The summed E-state index contributed by atoms with van der Waals surface area (Å²) in [7, 11) is 0. The number of phenols is 1. The molecule has 0 saturated heterocycles. The van der Waals surface area contributed by atoms with Crippen molar-refractivity contribution >= 4 is 11.8 Å². The standard InChI is InChI=1S/C17H27N3O/c1-3-20(4-2)14-9-8-12(16(21)11-14)10-13-6-5-7-15(18)17(13)19/h8-11,15,17,21H,3-7,18-19H2,1-2H3. The van der Waals surface area contributed by atoms with Crippen LogP contribution in [0, 0.1) is 0 Å². The number of hydrogen-bond donors (Lipinski definition) is 3. The number of benzene rings is 1. The largest absolute Gasteiger partial charge is 0.507 e. The van der Waals surface area contributed by atoms with Gasteiger partial charge >= 0.3 is 0 Å². The Morgan fingerprint density at radius 1 is 1.29 bits per heavy atom. The van der Waals surface area contributed by atoms with E-state index < -0.39 is 0 Å². The van der Waals surface area contributed by atoms with E-state index in [4.69, 9.17) is 11.5 Å². The zero-order valence-electron chi connectivity index (χ0n) is 13.0. The van der Waals surface area contributed by atoms with E-state index in [2.05, 4.69) is 18.7 Å². The van der Waals surface area contributed by atoms with Crippen LogP contribution in [0.25, 0.3) is 6.08 Å². The van der Waals surface area contributed by atoms with Crippen molar-refractivity contribution in [2.24, 2.45) is 11.5 Å². The third-order valence-electron chi connectivity index (χ3n) is 4.38. The van der Waals surface area contributed by atoms with Gasteiger partial charge in [-0.05, 0) is 45.2 Å². The first-order chi connectivity index (χ1) is 10.1. The highest BCUT2D eigenvalue weighted by molar-refractivity contribution is 5.65. The first-order valence-corrected chi connectivity index (χ1v) is 7.86. The molecule has 0 aromatic heterocycles. The van der Waals surface area contributed by atoms with Gasteiger partial charge in [-0.1, -0.05) is 11.6 Å². The maximum Gasteiger partial charge on any atom is 0.124 e. The first-order valence-electron chi connectivity index (χ1n) is 7.86. The average molecular weight is 289 g/mol. The van der Waals surface area contributed by atoms with Crippen molar-refractivity contribution in [1.82, 2.24) is 0 Å². The summed E-state index contributed by atoms with van der Waals surface area (Å²) in [5, 5.41) is 10.3. The van der Waals surface area contributed by atoms with E-state index in [0.717, 1.165) is 49.2 Å². The molecule has 1 aromatic carbocycles. The molecule has 1 saturated carbocycles. The molecule has 21 heavy (non-hydrogen) atoms. The molecule has 0 aliphatic heterocycles. The molecule has 0 radical (unpaired) electrons. The molecule has 1 aliphatic rings. The van der Waals surface area contributed by atoms with Crippen molar-refractivity contribution in [3.8, 4) is 5.75 Å². The van der Waals surface area contributed by atoms with E-state index in [1.165, 1.54) is 0 Å². The van der Waals surface area contributed by atoms with Crippen LogP contribution in [-0.4, -0.2) is 30.3 Å². The zero-order valence-corrected chi connectivity index (χ0v) is 13.0. The molecule has 0 amide bonds. The van der Waals surface area contributed by atoms with E-state index in [-0.39, 0.29) is 12.1 Å². The fourth-order valence-corrected chi connectivity index (χ4v) is 2.97. The second-order valence-corrected chi connectivity index (χ2v) is 5.72. The van der Waals surface area contributed by atoms with Crippen LogP contribution in [0.15, 0.2) is 23.8 Å². The van der Waals surface area contributed by atoms with Crippen LogP contribution in [-0.2, 0) is 0 Å². The summed E-state index contributed by atoms with van der Waals surface area (Å²) in [4.78, 5) is 2.21. The second-order valence-electron chi connectivity index (χ2n) is 5.72. The molecule has 0 heterocycles. The summed E-state index contributed by atoms with van der Waals surface area (Å²) in [6.07, 6.45) is 5.02. The molecule has 0 bridgehead atoms. The quantitative estimate of drug-likeness (QED) is 0.796. The summed E-state index contributed by atoms with van der Waals surface area (Å²) >= 11 is 0. The van der Waals surface area contributed by atoms with Crippen LogP contribution in [0.2, 0.25) is 0 Å². The fraction of sp³-hybridized carbons (Fsp3) is 0.529. The zero-order chi connectivity index (χ0) is 15.4. The van der Waals surface area contributed by atoms with Gasteiger partial charge in [0.05, 0.1) is 0 Å². The Morgan fingerprint density at radius 3 is 2.62 bits per heavy atom. The van der Waals surface area contributed by atoms with Gasteiger partial charge in [-0.15, -0.1) is 0 Å². The maximum atomic E-state index is 10.3. The predicted molar refractivity (Wildman–Crippen MR) is 89.4 cm³/mol. The maximum absolute atomic E-state index is 10.3. The van der Waals surface area contributed by atoms with Gasteiger partial charge in [-0.3, -0.25) is 0 Å². The predicted octanol–water partition coefficient (Wildman–Crippen LogP) is 2.46. The van der Waals surface area contributed by atoms with Crippen molar-refractivity contribution in [1.29, 1.82) is 0 Å². The topological polar surface area (TPSA) is 75.5 Å². The molecule has 2 unspecified atom stereocenters. The van der Waals surface area contributed by atoms with Gasteiger partial charge in [0.1, 0.15) is 5.75 Å². The van der Waals surface area contributed by atoms with Crippen LogP contribution in [0.3, 0.4) is 0 Å². The number of anilines is 1. The summed E-state index contributed by atoms with van der Waals surface area (Å²) in [5.41, 5.74) is 15.2. The van der Waals surface area contributed by atoms with Crippen LogP contribution in [0.4, 0.5) is 5.69 Å². The number of hydrogen-bond acceptors (Lipinski definition) is 4. The lowest BCUT2D eigenvalue weighted by Crippen LogP contribution is -2.45. The van der Waals surface area contributed by atoms with E-state index in [1.807, 2.05) is 24.3 Å². The molecule has 1 fully saturated rings. The number of phenolic OH excluding ortho intramolecular Hbond substituents is 1. The summed E-state index contributed by atoms with van der Waals surface area (Å²) in [6, 6.07) is 5.77. The third kappa shape index (κ3) is 3.57. The SMILES string of the molecule is CCN(CC)c1ccc(C=C2CCCC(N)C2N)c(O)c1. The third-order valence-corrected chi connectivity index (χ3v) is 4.38. The first kappa shape index (κ1) is 15.9. The van der Waals surface area contributed by atoms with Gasteiger partial charge in [0.15, 0.2) is 0 Å². The Morgan fingerprint density at radius 2 is 2.00 bits per heavy atom. The van der Waals surface area contributed by atoms with Gasteiger partial charge in [-0.25, -0.2) is 0 Å². The van der Waals surface area contributed by atoms with Crippen molar-refractivity contribution in [3.63, 3.8) is 0 Å². The molecule has 1 aromatic rings. The summed E-state index contributed by atoms with van der Waals surface area (Å²) < 4.78 is 0. The Labute approximate surface area is 127 Å². The molecule has 2 rings (SSSR count). The fourth-order valence-electron chi connectivity index (χ4n) is 2.97. The lowest BCUT2D eigenvalue weighted by Gasteiger charge is -2.28.